The number of aliphatic hydroxyl groups excluding tert-OH is 1. The first-order valence-corrected chi connectivity index (χ1v) is 6.48. The molecule has 0 aliphatic carbocycles. The topological polar surface area (TPSA) is 75.4 Å². The van der Waals surface area contributed by atoms with E-state index in [1.54, 1.807) is 6.07 Å². The van der Waals surface area contributed by atoms with Crippen molar-refractivity contribution in [3.8, 4) is 0 Å². The molecule has 4 nitrogen and oxygen atoms in total. The standard InChI is InChI=1S/C16H18N2O2/c17-15-4-2-1-3-14(15)9-16(20)18-10-12-5-7-13(11-19)8-6-12/h1-8,19H,9-11,17H2,(H,18,20). The van der Waals surface area contributed by atoms with Gasteiger partial charge in [0, 0.05) is 12.2 Å². The molecule has 2 aromatic carbocycles. The lowest BCUT2D eigenvalue weighted by Crippen LogP contribution is -2.24. The Morgan fingerprint density at radius 1 is 1.05 bits per heavy atom. The predicted octanol–water partition coefficient (Wildman–Crippen LogP) is 1.62. The van der Waals surface area contributed by atoms with Crippen molar-refractivity contribution in [2.75, 3.05) is 5.73 Å². The molecule has 0 aliphatic rings. The first kappa shape index (κ1) is 14.1. The van der Waals surface area contributed by atoms with Gasteiger partial charge in [-0.05, 0) is 22.8 Å². The fourth-order valence-corrected chi connectivity index (χ4v) is 1.89. The second kappa shape index (κ2) is 6.73. The minimum absolute atomic E-state index is 0.0277. The number of hydrogen-bond donors (Lipinski definition) is 3. The number of nitrogens with two attached hydrogens (primary N) is 1. The number of aliphatic hydroxyl groups is 1. The minimum atomic E-state index is -0.0610. The van der Waals surface area contributed by atoms with Crippen molar-refractivity contribution in [3.05, 3.63) is 65.2 Å². The molecule has 104 valence electrons. The Morgan fingerprint density at radius 3 is 2.35 bits per heavy atom. The van der Waals surface area contributed by atoms with Crippen LogP contribution >= 0.6 is 0 Å². The predicted molar refractivity (Wildman–Crippen MR) is 78.8 cm³/mol. The molecule has 1 amide bonds. The van der Waals surface area contributed by atoms with Gasteiger partial charge in [-0.2, -0.15) is 0 Å². The number of amides is 1. The number of anilines is 1. The van der Waals surface area contributed by atoms with Crippen LogP contribution in [0.1, 0.15) is 16.7 Å². The van der Waals surface area contributed by atoms with Crippen LogP contribution in [0.3, 0.4) is 0 Å². The second-order valence-electron chi connectivity index (χ2n) is 4.63. The molecular weight excluding hydrogens is 252 g/mol. The Morgan fingerprint density at radius 2 is 1.70 bits per heavy atom. The zero-order valence-corrected chi connectivity index (χ0v) is 11.2. The number of benzene rings is 2. The average molecular weight is 270 g/mol. The Labute approximate surface area is 118 Å². The molecule has 0 aromatic heterocycles. The number of nitrogens with one attached hydrogen (secondary N) is 1. The van der Waals surface area contributed by atoms with Gasteiger partial charge in [0.1, 0.15) is 0 Å². The van der Waals surface area contributed by atoms with Gasteiger partial charge in [0.15, 0.2) is 0 Å². The fourth-order valence-electron chi connectivity index (χ4n) is 1.89. The van der Waals surface area contributed by atoms with E-state index in [1.165, 1.54) is 0 Å². The Balaban J connectivity index is 1.87. The monoisotopic (exact) mass is 270 g/mol. The Hall–Kier alpha value is -2.33. The van der Waals surface area contributed by atoms with Crippen LogP contribution in [0.2, 0.25) is 0 Å². The van der Waals surface area contributed by atoms with Gasteiger partial charge in [0.2, 0.25) is 5.91 Å². The van der Waals surface area contributed by atoms with Gasteiger partial charge in [-0.3, -0.25) is 4.79 Å². The molecule has 0 heterocycles. The molecule has 20 heavy (non-hydrogen) atoms. The summed E-state index contributed by atoms with van der Waals surface area (Å²) in [5.74, 6) is -0.0610. The van der Waals surface area contributed by atoms with Crippen LogP contribution < -0.4 is 11.1 Å². The highest BCUT2D eigenvalue weighted by Gasteiger charge is 2.05. The summed E-state index contributed by atoms with van der Waals surface area (Å²) >= 11 is 0. The lowest BCUT2D eigenvalue weighted by Gasteiger charge is -2.07. The molecule has 0 saturated heterocycles. The summed E-state index contributed by atoms with van der Waals surface area (Å²) in [7, 11) is 0. The largest absolute Gasteiger partial charge is 0.398 e. The highest BCUT2D eigenvalue weighted by molar-refractivity contribution is 5.80. The van der Waals surface area contributed by atoms with Crippen LogP contribution in [-0.2, 0) is 24.4 Å². The maximum absolute atomic E-state index is 11.9. The van der Waals surface area contributed by atoms with E-state index in [0.29, 0.717) is 12.2 Å². The summed E-state index contributed by atoms with van der Waals surface area (Å²) in [4.78, 5) is 11.9. The summed E-state index contributed by atoms with van der Waals surface area (Å²) in [5, 5.41) is 11.8. The molecule has 0 unspecified atom stereocenters. The number of para-hydroxylation sites is 1. The molecule has 0 bridgehead atoms. The number of nitrogen functional groups attached to an aromatic ring is 1. The van der Waals surface area contributed by atoms with Crippen LogP contribution in [0, 0.1) is 0 Å². The summed E-state index contributed by atoms with van der Waals surface area (Å²) in [5.41, 5.74) is 9.13. The third-order valence-electron chi connectivity index (χ3n) is 3.10. The van der Waals surface area contributed by atoms with E-state index >= 15 is 0 Å². The van der Waals surface area contributed by atoms with Crippen LogP contribution in [-0.4, -0.2) is 11.0 Å². The molecule has 4 N–H and O–H groups in total. The van der Waals surface area contributed by atoms with Gasteiger partial charge in [0.25, 0.3) is 0 Å². The van der Waals surface area contributed by atoms with E-state index < -0.39 is 0 Å². The van der Waals surface area contributed by atoms with Crippen molar-refractivity contribution in [2.24, 2.45) is 0 Å². The van der Waals surface area contributed by atoms with Crippen molar-refractivity contribution >= 4 is 11.6 Å². The molecule has 0 atom stereocenters. The molecule has 0 fully saturated rings. The van der Waals surface area contributed by atoms with E-state index in [9.17, 15) is 4.79 Å². The van der Waals surface area contributed by atoms with Crippen molar-refractivity contribution < 1.29 is 9.90 Å². The summed E-state index contributed by atoms with van der Waals surface area (Å²) in [6.07, 6.45) is 0.279. The summed E-state index contributed by atoms with van der Waals surface area (Å²) < 4.78 is 0. The van der Waals surface area contributed by atoms with Gasteiger partial charge in [-0.1, -0.05) is 42.5 Å². The SMILES string of the molecule is Nc1ccccc1CC(=O)NCc1ccc(CO)cc1. The van der Waals surface area contributed by atoms with Crippen molar-refractivity contribution in [3.63, 3.8) is 0 Å². The average Bonchev–Trinajstić information content (AvgIpc) is 2.48. The van der Waals surface area contributed by atoms with Gasteiger partial charge >= 0.3 is 0 Å². The summed E-state index contributed by atoms with van der Waals surface area (Å²) in [6, 6.07) is 14.8. The van der Waals surface area contributed by atoms with E-state index in [4.69, 9.17) is 10.8 Å². The fraction of sp³-hybridized carbons (Fsp3) is 0.188. The van der Waals surface area contributed by atoms with Crippen LogP contribution in [0.4, 0.5) is 5.69 Å². The molecule has 2 rings (SSSR count). The summed E-state index contributed by atoms with van der Waals surface area (Å²) in [6.45, 7) is 0.497. The van der Waals surface area contributed by atoms with E-state index in [2.05, 4.69) is 5.32 Å². The highest BCUT2D eigenvalue weighted by atomic mass is 16.3. The molecule has 0 aliphatic heterocycles. The highest BCUT2D eigenvalue weighted by Crippen LogP contribution is 2.11. The lowest BCUT2D eigenvalue weighted by molar-refractivity contribution is -0.120. The zero-order valence-electron chi connectivity index (χ0n) is 11.2. The normalized spacial score (nSPS) is 10.2. The van der Waals surface area contributed by atoms with Gasteiger partial charge in [-0.25, -0.2) is 0 Å². The quantitative estimate of drug-likeness (QED) is 0.723. The molecule has 0 spiro atoms. The second-order valence-corrected chi connectivity index (χ2v) is 4.63. The lowest BCUT2D eigenvalue weighted by atomic mass is 10.1. The molecule has 0 saturated carbocycles. The van der Waals surface area contributed by atoms with E-state index in [-0.39, 0.29) is 18.9 Å². The van der Waals surface area contributed by atoms with Crippen molar-refractivity contribution in [2.45, 2.75) is 19.6 Å². The van der Waals surface area contributed by atoms with E-state index in [0.717, 1.165) is 16.7 Å². The first-order valence-electron chi connectivity index (χ1n) is 6.48. The van der Waals surface area contributed by atoms with Crippen molar-refractivity contribution in [1.82, 2.24) is 5.32 Å². The molecule has 2 aromatic rings. The van der Waals surface area contributed by atoms with Crippen LogP contribution in [0.25, 0.3) is 0 Å². The smallest absolute Gasteiger partial charge is 0.224 e. The third-order valence-corrected chi connectivity index (χ3v) is 3.10. The van der Waals surface area contributed by atoms with Gasteiger partial charge in [-0.15, -0.1) is 0 Å². The first-order chi connectivity index (χ1) is 9.69. The maximum Gasteiger partial charge on any atom is 0.224 e. The van der Waals surface area contributed by atoms with Gasteiger partial charge < -0.3 is 16.2 Å². The minimum Gasteiger partial charge on any atom is -0.398 e. The molecule has 4 heteroatoms. The van der Waals surface area contributed by atoms with Gasteiger partial charge in [0.05, 0.1) is 13.0 Å². The Kier molecular flexibility index (Phi) is 4.74. The zero-order chi connectivity index (χ0) is 14.4. The third kappa shape index (κ3) is 3.83. The van der Waals surface area contributed by atoms with E-state index in [1.807, 2.05) is 42.5 Å². The number of hydrogen-bond acceptors (Lipinski definition) is 3. The van der Waals surface area contributed by atoms with Crippen LogP contribution in [0.15, 0.2) is 48.5 Å². The number of carbonyl (C=O) groups is 1. The molecular formula is C16H18N2O2. The Bertz CT molecular complexity index is 579. The molecule has 0 radical (unpaired) electrons. The maximum atomic E-state index is 11.9. The number of carbonyl (C=O) groups excluding carboxylic acids is 1. The number of rotatable bonds is 5. The van der Waals surface area contributed by atoms with Crippen molar-refractivity contribution in [1.29, 1.82) is 0 Å². The van der Waals surface area contributed by atoms with Crippen LogP contribution in [0.5, 0.6) is 0 Å².